The molecular weight excluding hydrogens is 404 g/mol. The van der Waals surface area contributed by atoms with E-state index >= 15 is 0 Å². The lowest BCUT2D eigenvalue weighted by Gasteiger charge is -2.46. The van der Waals surface area contributed by atoms with Gasteiger partial charge in [0.05, 0.1) is 0 Å². The molecule has 0 amide bonds. The first-order valence-corrected chi connectivity index (χ1v) is 12.3. The maximum absolute atomic E-state index is 12.6. The summed E-state index contributed by atoms with van der Waals surface area (Å²) in [6.45, 7) is 8.17. The van der Waals surface area contributed by atoms with E-state index in [1.807, 2.05) is 37.3 Å². The second-order valence-corrected chi connectivity index (χ2v) is 10.7. The first-order valence-electron chi connectivity index (χ1n) is 12.3. The van der Waals surface area contributed by atoms with Crippen LogP contribution in [-0.2, 0) is 23.8 Å². The molecular formula is C27H38O5. The molecule has 32 heavy (non-hydrogen) atoms. The van der Waals surface area contributed by atoms with E-state index in [-0.39, 0.29) is 23.5 Å². The number of carbonyl (C=O) groups is 2. The molecule has 5 nitrogen and oxygen atoms in total. The lowest BCUT2D eigenvalue weighted by Crippen LogP contribution is -2.43. The Bertz CT molecular complexity index is 823. The van der Waals surface area contributed by atoms with Crippen molar-refractivity contribution >= 4 is 11.9 Å². The summed E-state index contributed by atoms with van der Waals surface area (Å²) in [5.74, 6) is 1.26. The minimum atomic E-state index is -0.881. The summed E-state index contributed by atoms with van der Waals surface area (Å²) < 4.78 is 17.4. The van der Waals surface area contributed by atoms with E-state index < -0.39 is 11.9 Å². The van der Waals surface area contributed by atoms with E-state index in [0.717, 1.165) is 37.7 Å². The molecule has 0 aromatic heterocycles. The van der Waals surface area contributed by atoms with E-state index in [1.165, 1.54) is 19.8 Å². The highest BCUT2D eigenvalue weighted by Crippen LogP contribution is 2.59. The van der Waals surface area contributed by atoms with Crippen molar-refractivity contribution < 1.29 is 23.8 Å². The quantitative estimate of drug-likeness (QED) is 0.487. The molecule has 7 atom stereocenters. The molecule has 0 radical (unpaired) electrons. The summed E-state index contributed by atoms with van der Waals surface area (Å²) >= 11 is 0. The van der Waals surface area contributed by atoms with Gasteiger partial charge in [0.2, 0.25) is 6.29 Å². The van der Waals surface area contributed by atoms with Gasteiger partial charge in [-0.1, -0.05) is 50.6 Å². The Kier molecular flexibility index (Phi) is 6.67. The molecule has 1 aromatic rings. The van der Waals surface area contributed by atoms with Crippen molar-refractivity contribution in [3.05, 3.63) is 35.9 Å². The van der Waals surface area contributed by atoms with Crippen LogP contribution in [0.25, 0.3) is 0 Å². The van der Waals surface area contributed by atoms with Crippen LogP contribution in [-0.4, -0.2) is 23.6 Å². The topological polar surface area (TPSA) is 61.8 Å². The number of rotatable bonds is 7. The maximum atomic E-state index is 12.6. The van der Waals surface area contributed by atoms with Crippen molar-refractivity contribution in [2.24, 2.45) is 23.2 Å². The highest BCUT2D eigenvalue weighted by atomic mass is 16.8. The summed E-state index contributed by atoms with van der Waals surface area (Å²) in [6.07, 6.45) is 7.83. The molecule has 2 unspecified atom stereocenters. The zero-order valence-electron chi connectivity index (χ0n) is 20.0. The summed E-state index contributed by atoms with van der Waals surface area (Å²) in [5.41, 5.74) is 0.235. The van der Waals surface area contributed by atoms with Crippen molar-refractivity contribution in [2.75, 3.05) is 0 Å². The standard InChI is InChI=1S/C27H38O5/c1-18(21-14-15-22-23(30-19(2)28)13-9-16-26(21,22)3)10-8-17-27(4)25(29)31-24(32-27)20-11-6-5-7-12-20/h5-7,11-12,18,21-24H,8-10,13-17H2,1-4H3/t18-,21-,22?,23?,24-,26-,27-/m1/s1. The summed E-state index contributed by atoms with van der Waals surface area (Å²) in [7, 11) is 0. The number of hydrogen-bond donors (Lipinski definition) is 0. The fourth-order valence-corrected chi connectivity index (χ4v) is 6.85. The molecule has 0 N–H and O–H groups in total. The first kappa shape index (κ1) is 23.3. The van der Waals surface area contributed by atoms with Crippen LogP contribution >= 0.6 is 0 Å². The molecule has 176 valence electrons. The fraction of sp³-hybridized carbons (Fsp3) is 0.704. The fourth-order valence-electron chi connectivity index (χ4n) is 6.85. The van der Waals surface area contributed by atoms with Gasteiger partial charge in [0.1, 0.15) is 6.10 Å². The Morgan fingerprint density at radius 1 is 1.19 bits per heavy atom. The second-order valence-electron chi connectivity index (χ2n) is 10.7. The lowest BCUT2D eigenvalue weighted by molar-refractivity contribution is -0.155. The molecule has 3 fully saturated rings. The molecule has 2 saturated carbocycles. The van der Waals surface area contributed by atoms with E-state index in [2.05, 4.69) is 13.8 Å². The smallest absolute Gasteiger partial charge is 0.340 e. The Labute approximate surface area is 192 Å². The average Bonchev–Trinajstić information content (AvgIpc) is 3.25. The van der Waals surface area contributed by atoms with Gasteiger partial charge in [0, 0.05) is 18.4 Å². The largest absolute Gasteiger partial charge is 0.462 e. The zero-order chi connectivity index (χ0) is 22.9. The average molecular weight is 443 g/mol. The monoisotopic (exact) mass is 442 g/mol. The molecule has 5 heteroatoms. The van der Waals surface area contributed by atoms with Gasteiger partial charge < -0.3 is 14.2 Å². The van der Waals surface area contributed by atoms with Gasteiger partial charge in [-0.15, -0.1) is 0 Å². The molecule has 3 aliphatic rings. The van der Waals surface area contributed by atoms with Crippen molar-refractivity contribution in [3.63, 3.8) is 0 Å². The minimum Gasteiger partial charge on any atom is -0.462 e. The van der Waals surface area contributed by atoms with Crippen LogP contribution in [0.3, 0.4) is 0 Å². The molecule has 4 rings (SSSR count). The number of cyclic esters (lactones) is 1. The highest BCUT2D eigenvalue weighted by molar-refractivity contribution is 5.80. The zero-order valence-corrected chi connectivity index (χ0v) is 20.0. The molecule has 0 bridgehead atoms. The van der Waals surface area contributed by atoms with Gasteiger partial charge in [-0.3, -0.25) is 4.79 Å². The van der Waals surface area contributed by atoms with E-state index in [9.17, 15) is 9.59 Å². The van der Waals surface area contributed by atoms with Gasteiger partial charge in [0.15, 0.2) is 5.60 Å². The summed E-state index contributed by atoms with van der Waals surface area (Å²) in [5, 5.41) is 0. The van der Waals surface area contributed by atoms with Crippen LogP contribution in [0, 0.1) is 23.2 Å². The normalized spacial score (nSPS) is 37.6. The molecule has 2 aliphatic carbocycles. The Hall–Kier alpha value is -1.88. The third-order valence-corrected chi connectivity index (χ3v) is 8.54. The van der Waals surface area contributed by atoms with Crippen LogP contribution in [0.2, 0.25) is 0 Å². The van der Waals surface area contributed by atoms with Gasteiger partial charge in [0.25, 0.3) is 0 Å². The second kappa shape index (κ2) is 9.17. The number of benzene rings is 1. The summed E-state index contributed by atoms with van der Waals surface area (Å²) in [6, 6.07) is 9.65. The first-order chi connectivity index (χ1) is 15.2. The predicted molar refractivity (Wildman–Crippen MR) is 122 cm³/mol. The molecule has 1 saturated heterocycles. The third kappa shape index (κ3) is 4.46. The molecule has 1 aromatic carbocycles. The SMILES string of the molecule is CC(=O)OC1CCC[C@@]2(C)C1CC[C@@H]2[C@H](C)CCC[C@@]1(C)O[C@H](c2ccccc2)OC1=O. The highest BCUT2D eigenvalue weighted by Gasteiger charge is 2.53. The third-order valence-electron chi connectivity index (χ3n) is 8.54. The van der Waals surface area contributed by atoms with Gasteiger partial charge >= 0.3 is 11.9 Å². The van der Waals surface area contributed by atoms with Crippen molar-refractivity contribution in [1.29, 1.82) is 0 Å². The Balaban J connectivity index is 1.32. The minimum absolute atomic E-state index is 0.0824. The maximum Gasteiger partial charge on any atom is 0.340 e. The molecule has 1 aliphatic heterocycles. The number of ether oxygens (including phenoxy) is 3. The predicted octanol–water partition coefficient (Wildman–Crippen LogP) is 5.97. The number of esters is 2. The Morgan fingerprint density at radius 2 is 1.94 bits per heavy atom. The van der Waals surface area contributed by atoms with E-state index in [1.54, 1.807) is 0 Å². The van der Waals surface area contributed by atoms with Gasteiger partial charge in [-0.2, -0.15) is 0 Å². The molecule has 0 spiro atoms. The van der Waals surface area contributed by atoms with E-state index in [0.29, 0.717) is 24.2 Å². The van der Waals surface area contributed by atoms with E-state index in [4.69, 9.17) is 14.2 Å². The van der Waals surface area contributed by atoms with Crippen LogP contribution in [0.15, 0.2) is 30.3 Å². The van der Waals surface area contributed by atoms with Crippen molar-refractivity contribution in [3.8, 4) is 0 Å². The van der Waals surface area contributed by atoms with Crippen LogP contribution in [0.4, 0.5) is 0 Å². The number of carbonyl (C=O) groups excluding carboxylic acids is 2. The lowest BCUT2D eigenvalue weighted by atomic mass is 9.61. The van der Waals surface area contributed by atoms with Crippen LogP contribution in [0.1, 0.15) is 90.9 Å². The number of fused-ring (bicyclic) bond motifs is 1. The summed E-state index contributed by atoms with van der Waals surface area (Å²) in [4.78, 5) is 24.2. The van der Waals surface area contributed by atoms with Gasteiger partial charge in [-0.25, -0.2) is 4.79 Å². The van der Waals surface area contributed by atoms with Crippen molar-refractivity contribution in [2.45, 2.75) is 97.1 Å². The van der Waals surface area contributed by atoms with Crippen LogP contribution < -0.4 is 0 Å². The number of hydrogen-bond acceptors (Lipinski definition) is 5. The Morgan fingerprint density at radius 3 is 2.66 bits per heavy atom. The van der Waals surface area contributed by atoms with Gasteiger partial charge in [-0.05, 0) is 69.1 Å². The van der Waals surface area contributed by atoms with Crippen molar-refractivity contribution in [1.82, 2.24) is 0 Å². The molecule has 1 heterocycles. The van der Waals surface area contributed by atoms with Crippen LogP contribution in [0.5, 0.6) is 0 Å².